The third-order valence-electron chi connectivity index (χ3n) is 3.83. The number of anilines is 2. The highest BCUT2D eigenvalue weighted by Crippen LogP contribution is 2.31. The number of hydrogen-bond donors (Lipinski definition) is 2. The Kier molecular flexibility index (Phi) is 4.71. The molecule has 1 aromatic rings. The number of amides is 1. The number of nitrogens with two attached hydrogens (primary N) is 1. The molecule has 5 heteroatoms. The first-order valence-electron chi connectivity index (χ1n) is 7.03. The maximum Gasteiger partial charge on any atom is 0.216 e. The largest absolute Gasteiger partial charge is 0.497 e. The number of carbonyl (C=O) groups is 1. The molecule has 0 unspecified atom stereocenters. The summed E-state index contributed by atoms with van der Waals surface area (Å²) < 4.78 is 5.26. The summed E-state index contributed by atoms with van der Waals surface area (Å²) in [7, 11) is 1.66. The number of hydrogen-bond acceptors (Lipinski definition) is 4. The molecule has 0 atom stereocenters. The third kappa shape index (κ3) is 3.56. The van der Waals surface area contributed by atoms with Crippen LogP contribution in [0.4, 0.5) is 11.4 Å². The normalized spacial score (nSPS) is 16.0. The van der Waals surface area contributed by atoms with Crippen molar-refractivity contribution in [2.75, 3.05) is 37.4 Å². The van der Waals surface area contributed by atoms with Gasteiger partial charge in [0.25, 0.3) is 0 Å². The summed E-state index contributed by atoms with van der Waals surface area (Å²) in [6.45, 7) is 4.26. The lowest BCUT2D eigenvalue weighted by atomic mass is 9.96. The Bertz CT molecular complexity index is 468. The zero-order valence-corrected chi connectivity index (χ0v) is 12.2. The van der Waals surface area contributed by atoms with Crippen LogP contribution >= 0.6 is 0 Å². The van der Waals surface area contributed by atoms with Gasteiger partial charge in [-0.1, -0.05) is 0 Å². The molecular formula is C15H23N3O2. The molecular weight excluding hydrogens is 254 g/mol. The van der Waals surface area contributed by atoms with Crippen LogP contribution in [0.1, 0.15) is 19.8 Å². The van der Waals surface area contributed by atoms with Gasteiger partial charge >= 0.3 is 0 Å². The standard InChI is InChI=1S/C15H23N3O2/c1-11(19)17-10-12-5-7-18(8-6-12)15-9-13(20-2)3-4-14(15)16/h3-4,9,12H,5-8,10,16H2,1-2H3,(H,17,19). The molecule has 1 amide bonds. The van der Waals surface area contributed by atoms with Crippen molar-refractivity contribution in [1.29, 1.82) is 0 Å². The minimum atomic E-state index is 0.0458. The van der Waals surface area contributed by atoms with Gasteiger partial charge in [-0.15, -0.1) is 0 Å². The number of carbonyl (C=O) groups excluding carboxylic acids is 1. The maximum atomic E-state index is 10.9. The van der Waals surface area contributed by atoms with Crippen molar-refractivity contribution in [1.82, 2.24) is 5.32 Å². The molecule has 1 aromatic carbocycles. The minimum Gasteiger partial charge on any atom is -0.497 e. The molecule has 0 saturated carbocycles. The molecule has 3 N–H and O–H groups in total. The number of methoxy groups -OCH3 is 1. The molecule has 2 rings (SSSR count). The first-order valence-corrected chi connectivity index (χ1v) is 7.03. The third-order valence-corrected chi connectivity index (χ3v) is 3.83. The van der Waals surface area contributed by atoms with Gasteiger partial charge in [0.15, 0.2) is 0 Å². The Balaban J connectivity index is 1.95. The SMILES string of the molecule is COc1ccc(N)c(N2CCC(CNC(C)=O)CC2)c1. The topological polar surface area (TPSA) is 67.6 Å². The first kappa shape index (κ1) is 14.5. The Morgan fingerprint density at radius 2 is 2.15 bits per heavy atom. The van der Waals surface area contributed by atoms with Crippen LogP contribution in [0.25, 0.3) is 0 Å². The lowest BCUT2D eigenvalue weighted by Crippen LogP contribution is -2.38. The molecule has 5 nitrogen and oxygen atoms in total. The molecule has 1 heterocycles. The zero-order chi connectivity index (χ0) is 14.5. The highest BCUT2D eigenvalue weighted by Gasteiger charge is 2.21. The molecule has 0 radical (unpaired) electrons. The monoisotopic (exact) mass is 277 g/mol. The molecule has 1 saturated heterocycles. The van der Waals surface area contributed by atoms with Gasteiger partial charge < -0.3 is 20.7 Å². The summed E-state index contributed by atoms with van der Waals surface area (Å²) >= 11 is 0. The molecule has 20 heavy (non-hydrogen) atoms. The van der Waals surface area contributed by atoms with Crippen molar-refractivity contribution in [3.8, 4) is 5.75 Å². The smallest absolute Gasteiger partial charge is 0.216 e. The van der Waals surface area contributed by atoms with E-state index in [-0.39, 0.29) is 5.91 Å². The molecule has 0 bridgehead atoms. The van der Waals surface area contributed by atoms with E-state index in [0.29, 0.717) is 5.92 Å². The van der Waals surface area contributed by atoms with Crippen LogP contribution in [0.15, 0.2) is 18.2 Å². The summed E-state index contributed by atoms with van der Waals surface area (Å²) in [6, 6.07) is 5.75. The first-order chi connectivity index (χ1) is 9.60. The van der Waals surface area contributed by atoms with Crippen LogP contribution in [0.3, 0.4) is 0 Å². The summed E-state index contributed by atoms with van der Waals surface area (Å²) in [5, 5.41) is 2.90. The van der Waals surface area contributed by atoms with Crippen molar-refractivity contribution in [3.63, 3.8) is 0 Å². The van der Waals surface area contributed by atoms with Crippen LogP contribution in [0.5, 0.6) is 5.75 Å². The average Bonchev–Trinajstić information content (AvgIpc) is 2.46. The Hall–Kier alpha value is -1.91. The lowest BCUT2D eigenvalue weighted by molar-refractivity contribution is -0.119. The highest BCUT2D eigenvalue weighted by atomic mass is 16.5. The van der Waals surface area contributed by atoms with Crippen molar-refractivity contribution < 1.29 is 9.53 Å². The molecule has 0 spiro atoms. The summed E-state index contributed by atoms with van der Waals surface area (Å²) in [5.41, 5.74) is 7.88. The van der Waals surface area contributed by atoms with Crippen LogP contribution in [-0.2, 0) is 4.79 Å². The van der Waals surface area contributed by atoms with E-state index in [0.717, 1.165) is 49.6 Å². The summed E-state index contributed by atoms with van der Waals surface area (Å²) in [4.78, 5) is 13.2. The Labute approximate surface area is 120 Å². The second-order valence-corrected chi connectivity index (χ2v) is 5.29. The number of benzene rings is 1. The van der Waals surface area contributed by atoms with Gasteiger partial charge in [-0.2, -0.15) is 0 Å². The van der Waals surface area contributed by atoms with Gasteiger partial charge in [-0.25, -0.2) is 0 Å². The number of nitrogens with one attached hydrogen (secondary N) is 1. The highest BCUT2D eigenvalue weighted by molar-refractivity contribution is 5.72. The van der Waals surface area contributed by atoms with Crippen molar-refractivity contribution in [3.05, 3.63) is 18.2 Å². The van der Waals surface area contributed by atoms with Gasteiger partial charge in [-0.05, 0) is 30.9 Å². The average molecular weight is 277 g/mol. The van der Waals surface area contributed by atoms with Crippen molar-refractivity contribution >= 4 is 17.3 Å². The Morgan fingerprint density at radius 3 is 2.75 bits per heavy atom. The molecule has 0 aromatic heterocycles. The van der Waals surface area contributed by atoms with Crippen molar-refractivity contribution in [2.45, 2.75) is 19.8 Å². The summed E-state index contributed by atoms with van der Waals surface area (Å²) in [5.74, 6) is 1.43. The van der Waals surface area contributed by atoms with E-state index in [9.17, 15) is 4.79 Å². The molecule has 1 aliphatic heterocycles. The van der Waals surface area contributed by atoms with E-state index in [1.165, 1.54) is 0 Å². The van der Waals surface area contributed by atoms with Crippen molar-refractivity contribution in [2.24, 2.45) is 5.92 Å². The quantitative estimate of drug-likeness (QED) is 0.821. The van der Waals surface area contributed by atoms with Gasteiger partial charge in [0.05, 0.1) is 18.5 Å². The number of nitrogen functional groups attached to an aromatic ring is 1. The second-order valence-electron chi connectivity index (χ2n) is 5.29. The van der Waals surface area contributed by atoms with E-state index in [2.05, 4.69) is 10.2 Å². The fourth-order valence-corrected chi connectivity index (χ4v) is 2.59. The zero-order valence-electron chi connectivity index (χ0n) is 12.2. The number of piperidine rings is 1. The number of ether oxygens (including phenoxy) is 1. The predicted octanol–water partition coefficient (Wildman–Crippen LogP) is 1.63. The maximum absolute atomic E-state index is 10.9. The summed E-state index contributed by atoms with van der Waals surface area (Å²) in [6.07, 6.45) is 2.13. The van der Waals surface area contributed by atoms with Gasteiger partial charge in [-0.3, -0.25) is 4.79 Å². The lowest BCUT2D eigenvalue weighted by Gasteiger charge is -2.34. The van der Waals surface area contributed by atoms with E-state index in [1.807, 2.05) is 18.2 Å². The fraction of sp³-hybridized carbons (Fsp3) is 0.533. The molecule has 1 fully saturated rings. The van der Waals surface area contributed by atoms with Crippen LogP contribution < -0.4 is 20.7 Å². The predicted molar refractivity (Wildman–Crippen MR) is 81.0 cm³/mol. The van der Waals surface area contributed by atoms with Crippen LogP contribution in [0.2, 0.25) is 0 Å². The van der Waals surface area contributed by atoms with Crippen LogP contribution in [-0.4, -0.2) is 32.7 Å². The van der Waals surface area contributed by atoms with Gasteiger partial charge in [0, 0.05) is 32.6 Å². The Morgan fingerprint density at radius 1 is 1.45 bits per heavy atom. The van der Waals surface area contributed by atoms with Gasteiger partial charge in [0.1, 0.15) is 5.75 Å². The molecule has 1 aliphatic rings. The molecule has 0 aliphatic carbocycles. The number of rotatable bonds is 4. The number of nitrogens with zero attached hydrogens (tertiary/aromatic N) is 1. The fourth-order valence-electron chi connectivity index (χ4n) is 2.59. The van der Waals surface area contributed by atoms with E-state index < -0.39 is 0 Å². The van der Waals surface area contributed by atoms with E-state index in [4.69, 9.17) is 10.5 Å². The second kappa shape index (κ2) is 6.50. The van der Waals surface area contributed by atoms with Crippen LogP contribution in [0, 0.1) is 5.92 Å². The minimum absolute atomic E-state index is 0.0458. The van der Waals surface area contributed by atoms with Gasteiger partial charge in [0.2, 0.25) is 5.91 Å². The molecule has 110 valence electrons. The van der Waals surface area contributed by atoms with E-state index >= 15 is 0 Å². The van der Waals surface area contributed by atoms with E-state index in [1.54, 1.807) is 14.0 Å².